The topological polar surface area (TPSA) is 133 Å². The molecule has 0 aromatic carbocycles. The van der Waals surface area contributed by atoms with Gasteiger partial charge in [-0.3, -0.25) is 20.1 Å². The van der Waals surface area contributed by atoms with Crippen LogP contribution in [-0.2, 0) is 0 Å². The molecule has 10 heteroatoms. The van der Waals surface area contributed by atoms with Crippen molar-refractivity contribution in [1.82, 2.24) is 20.2 Å². The van der Waals surface area contributed by atoms with Crippen LogP contribution in [0.4, 0.5) is 22.1 Å². The normalized spacial score (nSPS) is 17.2. The fourth-order valence-electron chi connectivity index (χ4n) is 3.86. The molecule has 0 radical (unpaired) electrons. The number of carbonyl (C=O) groups excluding carboxylic acids is 2. The van der Waals surface area contributed by atoms with Gasteiger partial charge in [0, 0.05) is 31.0 Å². The van der Waals surface area contributed by atoms with Gasteiger partial charge in [0.2, 0.25) is 0 Å². The van der Waals surface area contributed by atoms with Crippen LogP contribution in [0.3, 0.4) is 0 Å². The average molecular weight is 390 g/mol. The summed E-state index contributed by atoms with van der Waals surface area (Å²) in [6.45, 7) is 1.55. The Hall–Kier alpha value is -3.95. The highest BCUT2D eigenvalue weighted by Gasteiger charge is 2.40. The molecule has 0 aliphatic carbocycles. The van der Waals surface area contributed by atoms with Gasteiger partial charge < -0.3 is 10.6 Å². The Morgan fingerprint density at radius 2 is 2.10 bits per heavy atom. The number of aromatic nitrogens is 4. The molecule has 0 saturated carbocycles. The van der Waals surface area contributed by atoms with Crippen LogP contribution < -0.4 is 20.9 Å². The SMILES string of the molecule is NC(=O)c1ccc2c(n1)N(C(=O)Nc1cc(-c3ccn[nH]3)ccn1)C1CCN2C1. The maximum absolute atomic E-state index is 13.2. The van der Waals surface area contributed by atoms with E-state index in [1.165, 1.54) is 0 Å². The summed E-state index contributed by atoms with van der Waals surface area (Å²) in [6.07, 6.45) is 4.10. The van der Waals surface area contributed by atoms with Gasteiger partial charge in [-0.15, -0.1) is 0 Å². The van der Waals surface area contributed by atoms with Gasteiger partial charge in [-0.05, 0) is 36.8 Å². The molecule has 0 spiro atoms. The van der Waals surface area contributed by atoms with Gasteiger partial charge in [-0.1, -0.05) is 0 Å². The summed E-state index contributed by atoms with van der Waals surface area (Å²) >= 11 is 0. The number of primary amides is 1. The van der Waals surface area contributed by atoms with E-state index in [9.17, 15) is 9.59 Å². The quantitative estimate of drug-likeness (QED) is 0.622. The third-order valence-electron chi connectivity index (χ3n) is 5.23. The number of fused-ring (bicyclic) bond motifs is 4. The monoisotopic (exact) mass is 390 g/mol. The number of aromatic amines is 1. The number of carbonyl (C=O) groups is 2. The maximum Gasteiger partial charge on any atom is 0.329 e. The van der Waals surface area contributed by atoms with E-state index in [2.05, 4.69) is 30.4 Å². The largest absolute Gasteiger partial charge is 0.366 e. The summed E-state index contributed by atoms with van der Waals surface area (Å²) < 4.78 is 0. The van der Waals surface area contributed by atoms with E-state index in [0.29, 0.717) is 11.6 Å². The lowest BCUT2D eigenvalue weighted by Gasteiger charge is -2.35. The molecule has 3 aromatic heterocycles. The van der Waals surface area contributed by atoms with Crippen LogP contribution in [0.2, 0.25) is 0 Å². The molecule has 1 saturated heterocycles. The lowest BCUT2D eigenvalue weighted by atomic mass is 10.1. The number of rotatable bonds is 3. The summed E-state index contributed by atoms with van der Waals surface area (Å²) in [5, 5.41) is 9.69. The van der Waals surface area contributed by atoms with Crippen molar-refractivity contribution >= 4 is 29.3 Å². The first-order valence-corrected chi connectivity index (χ1v) is 9.22. The van der Waals surface area contributed by atoms with Crippen LogP contribution in [0.15, 0.2) is 42.7 Å². The Kier molecular flexibility index (Phi) is 3.90. The van der Waals surface area contributed by atoms with E-state index in [4.69, 9.17) is 5.73 Å². The Balaban J connectivity index is 1.47. The van der Waals surface area contributed by atoms with Crippen molar-refractivity contribution in [2.75, 3.05) is 28.2 Å². The van der Waals surface area contributed by atoms with Crippen LogP contribution in [0.25, 0.3) is 11.3 Å². The van der Waals surface area contributed by atoms with Crippen molar-refractivity contribution in [3.63, 3.8) is 0 Å². The Labute approximate surface area is 165 Å². The van der Waals surface area contributed by atoms with Gasteiger partial charge in [0.05, 0.1) is 17.4 Å². The van der Waals surface area contributed by atoms with Crippen molar-refractivity contribution in [2.45, 2.75) is 12.5 Å². The van der Waals surface area contributed by atoms with Crippen LogP contribution in [0, 0.1) is 0 Å². The number of urea groups is 1. The van der Waals surface area contributed by atoms with E-state index < -0.39 is 5.91 Å². The van der Waals surface area contributed by atoms with Crippen LogP contribution >= 0.6 is 0 Å². The molecule has 5 rings (SSSR count). The zero-order valence-electron chi connectivity index (χ0n) is 15.4. The number of pyridine rings is 2. The highest BCUT2D eigenvalue weighted by Crippen LogP contribution is 2.39. The second kappa shape index (κ2) is 6.59. The molecule has 29 heavy (non-hydrogen) atoms. The second-order valence-corrected chi connectivity index (χ2v) is 6.99. The number of nitrogens with one attached hydrogen (secondary N) is 2. The van der Waals surface area contributed by atoms with E-state index >= 15 is 0 Å². The molecule has 2 bridgehead atoms. The minimum Gasteiger partial charge on any atom is -0.366 e. The van der Waals surface area contributed by atoms with Crippen molar-refractivity contribution in [3.8, 4) is 11.3 Å². The number of hydrogen-bond acceptors (Lipinski definition) is 6. The summed E-state index contributed by atoms with van der Waals surface area (Å²) in [7, 11) is 0. The average Bonchev–Trinajstić information content (AvgIpc) is 3.39. The number of nitrogens with zero attached hydrogens (tertiary/aromatic N) is 5. The van der Waals surface area contributed by atoms with E-state index in [0.717, 1.165) is 36.5 Å². The Bertz CT molecular complexity index is 1100. The first kappa shape index (κ1) is 17.2. The Morgan fingerprint density at radius 3 is 2.90 bits per heavy atom. The number of H-pyrrole nitrogens is 1. The number of amides is 3. The lowest BCUT2D eigenvalue weighted by molar-refractivity contribution is 0.0995. The molecular weight excluding hydrogens is 372 g/mol. The molecule has 3 amide bonds. The molecule has 2 aliphatic rings. The molecule has 1 fully saturated rings. The third kappa shape index (κ3) is 2.94. The molecule has 1 atom stereocenters. The first-order valence-electron chi connectivity index (χ1n) is 9.22. The van der Waals surface area contributed by atoms with Gasteiger partial charge >= 0.3 is 6.03 Å². The standard InChI is InChI=1S/C19H18N8O2/c20-17(28)14-1-2-15-18(23-14)27(12-5-8-26(15)10-12)19(29)24-16-9-11(3-6-21-16)13-4-7-22-25-13/h1-4,6-7,9,12H,5,8,10H2,(H2,20,28)(H,22,25)(H,21,24,29). The van der Waals surface area contributed by atoms with Crippen molar-refractivity contribution in [1.29, 1.82) is 0 Å². The number of hydrogen-bond donors (Lipinski definition) is 3. The number of nitrogens with two attached hydrogens (primary N) is 1. The molecule has 1 unspecified atom stereocenters. The molecule has 2 aliphatic heterocycles. The van der Waals surface area contributed by atoms with Crippen molar-refractivity contribution in [2.24, 2.45) is 5.73 Å². The third-order valence-corrected chi connectivity index (χ3v) is 5.23. The van der Waals surface area contributed by atoms with Gasteiger partial charge in [-0.25, -0.2) is 14.8 Å². The predicted molar refractivity (Wildman–Crippen MR) is 107 cm³/mol. The minimum atomic E-state index is -0.630. The van der Waals surface area contributed by atoms with Gasteiger partial charge in [0.1, 0.15) is 11.5 Å². The van der Waals surface area contributed by atoms with Crippen LogP contribution in [-0.4, -0.2) is 51.2 Å². The van der Waals surface area contributed by atoms with Crippen LogP contribution in [0.1, 0.15) is 16.9 Å². The highest BCUT2D eigenvalue weighted by atomic mass is 16.2. The predicted octanol–water partition coefficient (Wildman–Crippen LogP) is 1.60. The van der Waals surface area contributed by atoms with E-state index in [1.807, 2.05) is 12.1 Å². The minimum absolute atomic E-state index is 0.0334. The zero-order chi connectivity index (χ0) is 20.0. The van der Waals surface area contributed by atoms with Crippen LogP contribution in [0.5, 0.6) is 0 Å². The van der Waals surface area contributed by atoms with Crippen molar-refractivity contribution < 1.29 is 9.59 Å². The first-order chi connectivity index (χ1) is 14.1. The molecule has 10 nitrogen and oxygen atoms in total. The molecule has 5 heterocycles. The second-order valence-electron chi connectivity index (χ2n) is 6.99. The highest BCUT2D eigenvalue weighted by molar-refractivity contribution is 6.05. The summed E-state index contributed by atoms with van der Waals surface area (Å²) in [5.41, 5.74) is 8.01. The molecular formula is C19H18N8O2. The fraction of sp³-hybridized carbons (Fsp3) is 0.211. The summed E-state index contributed by atoms with van der Waals surface area (Å²) in [4.78, 5) is 37.2. The fourth-order valence-corrected chi connectivity index (χ4v) is 3.86. The summed E-state index contributed by atoms with van der Waals surface area (Å²) in [6, 6.07) is 8.44. The lowest BCUT2D eigenvalue weighted by Crippen LogP contribution is -2.48. The molecule has 3 aromatic rings. The van der Waals surface area contributed by atoms with Crippen molar-refractivity contribution in [3.05, 3.63) is 48.4 Å². The van der Waals surface area contributed by atoms with Gasteiger partial charge in [0.25, 0.3) is 5.91 Å². The van der Waals surface area contributed by atoms with E-state index in [-0.39, 0.29) is 17.8 Å². The number of anilines is 3. The molecule has 146 valence electrons. The Morgan fingerprint density at radius 1 is 1.21 bits per heavy atom. The smallest absolute Gasteiger partial charge is 0.329 e. The molecule has 4 N–H and O–H groups in total. The maximum atomic E-state index is 13.2. The van der Waals surface area contributed by atoms with Gasteiger partial charge in [-0.2, -0.15) is 5.10 Å². The van der Waals surface area contributed by atoms with Gasteiger partial charge in [0.15, 0.2) is 5.82 Å². The summed E-state index contributed by atoms with van der Waals surface area (Å²) in [5.74, 6) is 0.224. The zero-order valence-corrected chi connectivity index (χ0v) is 15.4. The van der Waals surface area contributed by atoms with E-state index in [1.54, 1.807) is 35.5 Å².